The van der Waals surface area contributed by atoms with Crippen LogP contribution in [0, 0.1) is 6.92 Å². The molecule has 0 saturated carbocycles. The molecular formula is C23H27N3O3S2. The smallest absolute Gasteiger partial charge is 0.257 e. The number of benzene rings is 2. The fourth-order valence-corrected chi connectivity index (χ4v) is 5.27. The molecule has 1 amide bonds. The largest absolute Gasteiger partial charge is 0.298 e. The highest BCUT2D eigenvalue weighted by molar-refractivity contribution is 7.89. The van der Waals surface area contributed by atoms with Crippen LogP contribution in [-0.4, -0.2) is 36.7 Å². The highest BCUT2D eigenvalue weighted by Crippen LogP contribution is 2.25. The van der Waals surface area contributed by atoms with Crippen molar-refractivity contribution in [2.45, 2.75) is 38.5 Å². The number of aryl methyl sites for hydroxylation is 1. The molecule has 2 aromatic carbocycles. The van der Waals surface area contributed by atoms with Crippen molar-refractivity contribution >= 4 is 32.4 Å². The topological polar surface area (TPSA) is 79.4 Å². The summed E-state index contributed by atoms with van der Waals surface area (Å²) in [5.41, 5.74) is 3.34. The summed E-state index contributed by atoms with van der Waals surface area (Å²) >= 11 is 1.35. The molecule has 0 atom stereocenters. The molecule has 0 aliphatic heterocycles. The van der Waals surface area contributed by atoms with Crippen molar-refractivity contribution < 1.29 is 13.2 Å². The van der Waals surface area contributed by atoms with Gasteiger partial charge in [-0.1, -0.05) is 50.1 Å². The van der Waals surface area contributed by atoms with E-state index in [0.29, 0.717) is 23.8 Å². The molecule has 164 valence electrons. The summed E-state index contributed by atoms with van der Waals surface area (Å²) < 4.78 is 27.1. The van der Waals surface area contributed by atoms with Gasteiger partial charge in [-0.25, -0.2) is 13.4 Å². The first-order valence-electron chi connectivity index (χ1n) is 10.3. The number of nitrogens with one attached hydrogen (secondary N) is 1. The monoisotopic (exact) mass is 457 g/mol. The van der Waals surface area contributed by atoms with Gasteiger partial charge in [0.05, 0.1) is 10.6 Å². The van der Waals surface area contributed by atoms with Crippen molar-refractivity contribution in [1.82, 2.24) is 9.29 Å². The van der Waals surface area contributed by atoms with E-state index in [1.54, 1.807) is 0 Å². The predicted octanol–water partition coefficient (Wildman–Crippen LogP) is 5.18. The molecule has 3 rings (SSSR count). The van der Waals surface area contributed by atoms with E-state index < -0.39 is 10.0 Å². The van der Waals surface area contributed by atoms with E-state index in [-0.39, 0.29) is 10.8 Å². The summed E-state index contributed by atoms with van der Waals surface area (Å²) in [6.45, 7) is 6.79. The lowest BCUT2D eigenvalue weighted by molar-refractivity contribution is 0.102. The number of sulfonamides is 1. The average molecular weight is 458 g/mol. The van der Waals surface area contributed by atoms with Crippen LogP contribution >= 0.6 is 11.3 Å². The Morgan fingerprint density at radius 3 is 2.35 bits per heavy atom. The minimum atomic E-state index is -3.56. The van der Waals surface area contributed by atoms with Gasteiger partial charge in [0.1, 0.15) is 0 Å². The van der Waals surface area contributed by atoms with E-state index in [9.17, 15) is 13.2 Å². The SMILES string of the molecule is CCCCN(CC)S(=O)(=O)c1ccc(C(=O)Nc2nc(-c3ccc(C)cc3)cs2)cc1. The van der Waals surface area contributed by atoms with E-state index in [2.05, 4.69) is 10.3 Å². The van der Waals surface area contributed by atoms with Crippen molar-refractivity contribution in [3.8, 4) is 11.3 Å². The second-order valence-electron chi connectivity index (χ2n) is 7.23. The summed E-state index contributed by atoms with van der Waals surface area (Å²) in [6.07, 6.45) is 1.74. The number of hydrogen-bond donors (Lipinski definition) is 1. The molecule has 0 spiro atoms. The fourth-order valence-electron chi connectivity index (χ4n) is 3.07. The predicted molar refractivity (Wildman–Crippen MR) is 126 cm³/mol. The minimum Gasteiger partial charge on any atom is -0.298 e. The Bertz CT molecular complexity index is 1120. The normalized spacial score (nSPS) is 11.6. The summed E-state index contributed by atoms with van der Waals surface area (Å²) in [7, 11) is -3.56. The number of carbonyl (C=O) groups excluding carboxylic acids is 1. The van der Waals surface area contributed by atoms with Crippen LogP contribution in [0.3, 0.4) is 0 Å². The van der Waals surface area contributed by atoms with Crippen LogP contribution in [0.1, 0.15) is 42.6 Å². The van der Waals surface area contributed by atoms with E-state index in [0.717, 1.165) is 24.1 Å². The third kappa shape index (κ3) is 5.58. The highest BCUT2D eigenvalue weighted by atomic mass is 32.2. The summed E-state index contributed by atoms with van der Waals surface area (Å²) in [4.78, 5) is 17.3. The Balaban J connectivity index is 1.70. The van der Waals surface area contributed by atoms with E-state index in [1.807, 2.05) is 50.4 Å². The Labute approximate surface area is 188 Å². The maximum atomic E-state index is 12.8. The maximum absolute atomic E-state index is 12.8. The molecule has 3 aromatic rings. The number of hydrogen-bond acceptors (Lipinski definition) is 5. The number of thiazole rings is 1. The first-order chi connectivity index (χ1) is 14.8. The van der Waals surface area contributed by atoms with Gasteiger partial charge >= 0.3 is 0 Å². The molecule has 6 nitrogen and oxygen atoms in total. The Hall–Kier alpha value is -2.55. The number of rotatable bonds is 9. The molecule has 0 radical (unpaired) electrons. The van der Waals surface area contributed by atoms with Crippen LogP contribution in [0.5, 0.6) is 0 Å². The number of carbonyl (C=O) groups is 1. The zero-order chi connectivity index (χ0) is 22.4. The van der Waals surface area contributed by atoms with Crippen molar-refractivity contribution in [3.05, 3.63) is 65.0 Å². The summed E-state index contributed by atoms with van der Waals surface area (Å²) in [5, 5.41) is 5.18. The van der Waals surface area contributed by atoms with Crippen molar-refractivity contribution in [2.24, 2.45) is 0 Å². The van der Waals surface area contributed by atoms with Crippen molar-refractivity contribution in [1.29, 1.82) is 0 Å². The number of nitrogens with zero attached hydrogens (tertiary/aromatic N) is 2. The third-order valence-electron chi connectivity index (χ3n) is 4.94. The van der Waals surface area contributed by atoms with E-state index in [1.165, 1.54) is 45.5 Å². The number of amides is 1. The molecule has 1 heterocycles. The maximum Gasteiger partial charge on any atom is 0.257 e. The molecule has 1 aromatic heterocycles. The van der Waals surface area contributed by atoms with Crippen molar-refractivity contribution in [3.63, 3.8) is 0 Å². The van der Waals surface area contributed by atoms with Gasteiger partial charge in [0.2, 0.25) is 10.0 Å². The average Bonchev–Trinajstić information content (AvgIpc) is 3.23. The summed E-state index contributed by atoms with van der Waals surface area (Å²) in [6, 6.07) is 14.1. The molecule has 0 fully saturated rings. The third-order valence-corrected chi connectivity index (χ3v) is 7.69. The van der Waals surface area contributed by atoms with Crippen LogP contribution < -0.4 is 5.32 Å². The zero-order valence-electron chi connectivity index (χ0n) is 18.0. The van der Waals surface area contributed by atoms with Crippen LogP contribution in [0.15, 0.2) is 58.8 Å². The van der Waals surface area contributed by atoms with Crippen LogP contribution in [-0.2, 0) is 10.0 Å². The lowest BCUT2D eigenvalue weighted by atomic mass is 10.1. The van der Waals surface area contributed by atoms with Gasteiger partial charge in [0.25, 0.3) is 5.91 Å². The second kappa shape index (κ2) is 10.2. The molecular weight excluding hydrogens is 430 g/mol. The molecule has 0 saturated heterocycles. The fraction of sp³-hybridized carbons (Fsp3) is 0.304. The lowest BCUT2D eigenvalue weighted by Crippen LogP contribution is -2.31. The molecule has 0 aliphatic rings. The molecule has 0 unspecified atom stereocenters. The van der Waals surface area contributed by atoms with Gasteiger partial charge in [-0.3, -0.25) is 10.1 Å². The first-order valence-corrected chi connectivity index (χ1v) is 12.6. The quantitative estimate of drug-likeness (QED) is 0.480. The minimum absolute atomic E-state index is 0.193. The van der Waals surface area contributed by atoms with Gasteiger partial charge in [-0.2, -0.15) is 4.31 Å². The summed E-state index contributed by atoms with van der Waals surface area (Å²) in [5.74, 6) is -0.327. The van der Waals surface area contributed by atoms with Crippen molar-refractivity contribution in [2.75, 3.05) is 18.4 Å². The Morgan fingerprint density at radius 2 is 1.74 bits per heavy atom. The van der Waals surface area contributed by atoms with Gasteiger partial charge in [0, 0.05) is 29.6 Å². The molecule has 0 aliphatic carbocycles. The molecule has 0 bridgehead atoms. The van der Waals surface area contributed by atoms with E-state index >= 15 is 0 Å². The standard InChI is InChI=1S/C23H27N3O3S2/c1-4-6-15-26(5-2)31(28,29)20-13-11-19(12-14-20)22(27)25-23-24-21(16-30-23)18-9-7-17(3)8-10-18/h7-14,16H,4-6,15H2,1-3H3,(H,24,25,27). The first kappa shape index (κ1) is 23.1. The van der Waals surface area contributed by atoms with E-state index in [4.69, 9.17) is 0 Å². The molecule has 1 N–H and O–H groups in total. The van der Waals surface area contributed by atoms with Gasteiger partial charge in [-0.15, -0.1) is 11.3 Å². The number of unbranched alkanes of at least 4 members (excludes halogenated alkanes) is 1. The van der Waals surface area contributed by atoms with Crippen LogP contribution in [0.2, 0.25) is 0 Å². The van der Waals surface area contributed by atoms with Gasteiger partial charge in [-0.05, 0) is 37.6 Å². The second-order valence-corrected chi connectivity index (χ2v) is 10.0. The van der Waals surface area contributed by atoms with Gasteiger partial charge < -0.3 is 0 Å². The van der Waals surface area contributed by atoms with Gasteiger partial charge in [0.15, 0.2) is 5.13 Å². The highest BCUT2D eigenvalue weighted by Gasteiger charge is 2.22. The Kier molecular flexibility index (Phi) is 7.59. The zero-order valence-corrected chi connectivity index (χ0v) is 19.6. The van der Waals surface area contributed by atoms with Crippen LogP contribution in [0.25, 0.3) is 11.3 Å². The number of aromatic nitrogens is 1. The Morgan fingerprint density at radius 1 is 1.06 bits per heavy atom. The molecule has 8 heteroatoms. The number of anilines is 1. The lowest BCUT2D eigenvalue weighted by Gasteiger charge is -2.20. The van der Waals surface area contributed by atoms with Crippen LogP contribution in [0.4, 0.5) is 5.13 Å². The molecule has 31 heavy (non-hydrogen) atoms.